The molecule has 0 aromatic heterocycles. The number of hydrogen-bond donors (Lipinski definition) is 0. The van der Waals surface area contributed by atoms with Gasteiger partial charge in [0.05, 0.1) is 0 Å². The Balaban J connectivity index is 2.28. The maximum atomic E-state index is 13.4. The summed E-state index contributed by atoms with van der Waals surface area (Å²) in [7, 11) is 0. The third-order valence-corrected chi connectivity index (χ3v) is 2.77. The van der Waals surface area contributed by atoms with Crippen molar-refractivity contribution in [1.29, 1.82) is 0 Å². The highest BCUT2D eigenvalue weighted by Gasteiger charge is 2.33. The Hall–Kier alpha value is -0.110. The molecule has 0 aromatic carbocycles. The van der Waals surface area contributed by atoms with E-state index in [-0.39, 0.29) is 0 Å². The molecule has 1 aliphatic rings. The molecule has 1 aliphatic heterocycles. The number of likely N-dealkylation sites (tertiary alicyclic amines) is 1. The zero-order valence-electron chi connectivity index (χ0n) is 8.44. The van der Waals surface area contributed by atoms with E-state index in [0.717, 1.165) is 13.1 Å². The van der Waals surface area contributed by atoms with Gasteiger partial charge in [-0.2, -0.15) is 0 Å². The molecule has 2 unspecified atom stereocenters. The van der Waals surface area contributed by atoms with E-state index in [9.17, 15) is 4.39 Å². The molecule has 2 heteroatoms. The molecule has 1 rings (SSSR count). The number of hydrogen-bond acceptors (Lipinski definition) is 1. The highest BCUT2D eigenvalue weighted by molar-refractivity contribution is 4.86. The van der Waals surface area contributed by atoms with Crippen molar-refractivity contribution < 1.29 is 4.39 Å². The molecule has 2 atom stereocenters. The van der Waals surface area contributed by atoms with Gasteiger partial charge in [0, 0.05) is 19.6 Å². The minimum absolute atomic E-state index is 0.636. The summed E-state index contributed by atoms with van der Waals surface area (Å²) in [5, 5.41) is 0. The molecular weight excluding hydrogens is 153 g/mol. The number of alkyl halides is 1. The summed E-state index contributed by atoms with van der Waals surface area (Å²) in [6.07, 6.45) is 1.91. The van der Waals surface area contributed by atoms with Crippen LogP contribution in [-0.4, -0.2) is 30.2 Å². The maximum Gasteiger partial charge on any atom is 0.122 e. The van der Waals surface area contributed by atoms with Gasteiger partial charge >= 0.3 is 0 Å². The molecule has 0 aromatic rings. The second-order valence-corrected chi connectivity index (χ2v) is 4.41. The van der Waals surface area contributed by atoms with Crippen molar-refractivity contribution in [2.75, 3.05) is 19.6 Å². The molecule has 0 spiro atoms. The summed E-state index contributed by atoms with van der Waals surface area (Å²) in [5.74, 6) is 0.707. The molecule has 0 aliphatic carbocycles. The summed E-state index contributed by atoms with van der Waals surface area (Å²) in [6.45, 7) is 8.78. The van der Waals surface area contributed by atoms with Crippen molar-refractivity contribution in [3.8, 4) is 0 Å². The average Bonchev–Trinajstić information content (AvgIpc) is 2.30. The lowest BCUT2D eigenvalue weighted by Crippen LogP contribution is -2.29. The Bertz CT molecular complexity index is 145. The van der Waals surface area contributed by atoms with Crippen LogP contribution in [0.2, 0.25) is 0 Å². The van der Waals surface area contributed by atoms with Gasteiger partial charge in [-0.1, -0.05) is 20.3 Å². The van der Waals surface area contributed by atoms with Gasteiger partial charge in [0.2, 0.25) is 0 Å². The Kier molecular flexibility index (Phi) is 3.10. The van der Waals surface area contributed by atoms with Gasteiger partial charge in [-0.25, -0.2) is 4.39 Å². The fourth-order valence-electron chi connectivity index (χ4n) is 1.74. The Morgan fingerprint density at radius 2 is 2.25 bits per heavy atom. The topological polar surface area (TPSA) is 3.24 Å². The molecule has 0 radical (unpaired) electrons. The average molecular weight is 173 g/mol. The van der Waals surface area contributed by atoms with Crippen LogP contribution in [0, 0.1) is 5.92 Å². The SMILES string of the molecule is CCC(C)CN1CCC(C)(F)C1. The fourth-order valence-corrected chi connectivity index (χ4v) is 1.74. The molecule has 12 heavy (non-hydrogen) atoms. The van der Waals surface area contributed by atoms with Crippen LogP contribution in [-0.2, 0) is 0 Å². The molecule has 1 nitrogen and oxygen atoms in total. The monoisotopic (exact) mass is 173 g/mol. The minimum atomic E-state index is -0.923. The van der Waals surface area contributed by atoms with Gasteiger partial charge in [0.1, 0.15) is 5.67 Å². The summed E-state index contributed by atoms with van der Waals surface area (Å²) >= 11 is 0. The van der Waals surface area contributed by atoms with Crippen LogP contribution >= 0.6 is 0 Å². The first-order valence-corrected chi connectivity index (χ1v) is 4.95. The third kappa shape index (κ3) is 2.74. The predicted molar refractivity (Wildman–Crippen MR) is 50.0 cm³/mol. The predicted octanol–water partition coefficient (Wildman–Crippen LogP) is 2.47. The second-order valence-electron chi connectivity index (χ2n) is 4.41. The van der Waals surface area contributed by atoms with Crippen LogP contribution < -0.4 is 0 Å². The van der Waals surface area contributed by atoms with Gasteiger partial charge in [0.25, 0.3) is 0 Å². The van der Waals surface area contributed by atoms with Crippen LogP contribution in [0.4, 0.5) is 4.39 Å². The van der Waals surface area contributed by atoms with E-state index in [1.54, 1.807) is 6.92 Å². The van der Waals surface area contributed by atoms with Crippen LogP contribution in [0.5, 0.6) is 0 Å². The van der Waals surface area contributed by atoms with Crippen molar-refractivity contribution >= 4 is 0 Å². The Morgan fingerprint density at radius 1 is 1.58 bits per heavy atom. The van der Waals surface area contributed by atoms with E-state index in [1.165, 1.54) is 6.42 Å². The van der Waals surface area contributed by atoms with Crippen LogP contribution in [0.15, 0.2) is 0 Å². The van der Waals surface area contributed by atoms with E-state index in [0.29, 0.717) is 18.9 Å². The van der Waals surface area contributed by atoms with Crippen molar-refractivity contribution in [2.45, 2.75) is 39.3 Å². The molecule has 0 saturated carbocycles. The molecular formula is C10H20FN. The molecule has 0 N–H and O–H groups in total. The first-order valence-electron chi connectivity index (χ1n) is 4.95. The lowest BCUT2D eigenvalue weighted by atomic mass is 10.1. The van der Waals surface area contributed by atoms with Gasteiger partial charge < -0.3 is 0 Å². The van der Waals surface area contributed by atoms with E-state index in [1.807, 2.05) is 0 Å². The zero-order valence-corrected chi connectivity index (χ0v) is 8.44. The Labute approximate surface area is 74.9 Å². The van der Waals surface area contributed by atoms with E-state index >= 15 is 0 Å². The fraction of sp³-hybridized carbons (Fsp3) is 1.00. The summed E-state index contributed by atoms with van der Waals surface area (Å²) in [6, 6.07) is 0. The van der Waals surface area contributed by atoms with E-state index in [4.69, 9.17) is 0 Å². The standard InChI is InChI=1S/C10H20FN/c1-4-9(2)7-12-6-5-10(3,11)8-12/h9H,4-8H2,1-3H3. The van der Waals surface area contributed by atoms with E-state index < -0.39 is 5.67 Å². The highest BCUT2D eigenvalue weighted by Crippen LogP contribution is 2.25. The lowest BCUT2D eigenvalue weighted by molar-refractivity contribution is 0.180. The second kappa shape index (κ2) is 3.73. The maximum absolute atomic E-state index is 13.4. The largest absolute Gasteiger partial charge is 0.300 e. The molecule has 0 bridgehead atoms. The Morgan fingerprint density at radius 3 is 2.67 bits per heavy atom. The van der Waals surface area contributed by atoms with Gasteiger partial charge in [-0.3, -0.25) is 4.90 Å². The number of rotatable bonds is 3. The summed E-state index contributed by atoms with van der Waals surface area (Å²) < 4.78 is 13.4. The number of halogens is 1. The number of nitrogens with zero attached hydrogens (tertiary/aromatic N) is 1. The minimum Gasteiger partial charge on any atom is -0.300 e. The van der Waals surface area contributed by atoms with Crippen molar-refractivity contribution in [1.82, 2.24) is 4.90 Å². The van der Waals surface area contributed by atoms with Gasteiger partial charge in [-0.05, 0) is 19.3 Å². The molecule has 1 saturated heterocycles. The van der Waals surface area contributed by atoms with Gasteiger partial charge in [-0.15, -0.1) is 0 Å². The first-order chi connectivity index (χ1) is 5.53. The smallest absolute Gasteiger partial charge is 0.122 e. The van der Waals surface area contributed by atoms with Crippen molar-refractivity contribution in [2.24, 2.45) is 5.92 Å². The quantitative estimate of drug-likeness (QED) is 0.633. The van der Waals surface area contributed by atoms with Gasteiger partial charge in [0.15, 0.2) is 0 Å². The normalized spacial score (nSPS) is 34.0. The van der Waals surface area contributed by atoms with E-state index in [2.05, 4.69) is 18.7 Å². The molecule has 0 amide bonds. The van der Waals surface area contributed by atoms with Crippen LogP contribution in [0.3, 0.4) is 0 Å². The summed E-state index contributed by atoms with van der Waals surface area (Å²) in [4.78, 5) is 2.24. The van der Waals surface area contributed by atoms with Crippen LogP contribution in [0.1, 0.15) is 33.6 Å². The first kappa shape index (κ1) is 9.97. The lowest BCUT2D eigenvalue weighted by Gasteiger charge is -2.20. The molecule has 1 heterocycles. The van der Waals surface area contributed by atoms with Crippen molar-refractivity contribution in [3.63, 3.8) is 0 Å². The molecule has 72 valence electrons. The zero-order chi connectivity index (χ0) is 9.19. The van der Waals surface area contributed by atoms with Crippen LogP contribution in [0.25, 0.3) is 0 Å². The van der Waals surface area contributed by atoms with Crippen molar-refractivity contribution in [3.05, 3.63) is 0 Å². The molecule has 1 fully saturated rings. The third-order valence-electron chi connectivity index (χ3n) is 2.77. The highest BCUT2D eigenvalue weighted by atomic mass is 19.1. The summed E-state index contributed by atoms with van der Waals surface area (Å²) in [5.41, 5.74) is -0.923.